The van der Waals surface area contributed by atoms with E-state index in [-0.39, 0.29) is 0 Å². The Morgan fingerprint density at radius 2 is 1.89 bits per heavy atom. The molecule has 0 amide bonds. The van der Waals surface area contributed by atoms with Crippen LogP contribution in [-0.2, 0) is 13.7 Å². The number of hydrogen-bond acceptors (Lipinski definition) is 2. The molecule has 4 heteroatoms. The van der Waals surface area contributed by atoms with Crippen molar-refractivity contribution in [1.29, 1.82) is 0 Å². The quantitative estimate of drug-likeness (QED) is 0.732. The summed E-state index contributed by atoms with van der Waals surface area (Å²) in [6, 6.07) is 14.3. The van der Waals surface area contributed by atoms with Gasteiger partial charge in [0.2, 0.25) is 0 Å². The van der Waals surface area contributed by atoms with Gasteiger partial charge in [-0.1, -0.05) is 28.1 Å². The first-order valence-corrected chi connectivity index (χ1v) is 6.81. The van der Waals surface area contributed by atoms with Crippen molar-refractivity contribution in [2.24, 2.45) is 7.05 Å². The molecule has 0 aliphatic rings. The van der Waals surface area contributed by atoms with Gasteiger partial charge >= 0.3 is 0 Å². The second-order valence-electron chi connectivity index (χ2n) is 4.42. The Bertz CT molecular complexity index is 721. The highest BCUT2D eigenvalue weighted by Crippen LogP contribution is 2.24. The number of halogens is 1. The van der Waals surface area contributed by atoms with Crippen molar-refractivity contribution >= 4 is 26.7 Å². The van der Waals surface area contributed by atoms with Crippen LogP contribution in [0.25, 0.3) is 10.8 Å². The van der Waals surface area contributed by atoms with Crippen LogP contribution in [0.4, 0.5) is 0 Å². The normalized spacial score (nSPS) is 10.8. The van der Waals surface area contributed by atoms with E-state index in [9.17, 15) is 0 Å². The predicted octanol–water partition coefficient (Wildman–Crippen LogP) is 3.91. The van der Waals surface area contributed by atoms with Crippen LogP contribution >= 0.6 is 15.9 Å². The van der Waals surface area contributed by atoms with Gasteiger partial charge in [0.25, 0.3) is 0 Å². The van der Waals surface area contributed by atoms with Gasteiger partial charge in [-0.2, -0.15) is 5.10 Å². The average molecular weight is 317 g/mol. The summed E-state index contributed by atoms with van der Waals surface area (Å²) in [6.07, 6.45) is 1.91. The minimum Gasteiger partial charge on any atom is -0.487 e. The van der Waals surface area contributed by atoms with E-state index < -0.39 is 0 Å². The van der Waals surface area contributed by atoms with Gasteiger partial charge in [-0.25, -0.2) is 0 Å². The minimum absolute atomic E-state index is 0.489. The monoisotopic (exact) mass is 316 g/mol. The van der Waals surface area contributed by atoms with E-state index in [4.69, 9.17) is 4.74 Å². The summed E-state index contributed by atoms with van der Waals surface area (Å²) in [7, 11) is 1.90. The van der Waals surface area contributed by atoms with Crippen LogP contribution in [0, 0.1) is 0 Å². The lowest BCUT2D eigenvalue weighted by molar-refractivity contribution is 0.300. The van der Waals surface area contributed by atoms with Gasteiger partial charge in [0.1, 0.15) is 12.4 Å². The van der Waals surface area contributed by atoms with E-state index in [0.717, 1.165) is 15.9 Å². The smallest absolute Gasteiger partial charge is 0.132 e. The Kier molecular flexibility index (Phi) is 3.25. The third-order valence-electron chi connectivity index (χ3n) is 2.93. The molecule has 0 radical (unpaired) electrons. The molecule has 96 valence electrons. The Morgan fingerprint density at radius 1 is 1.11 bits per heavy atom. The van der Waals surface area contributed by atoms with Gasteiger partial charge in [0.05, 0.1) is 5.69 Å². The molecule has 19 heavy (non-hydrogen) atoms. The number of hydrogen-bond donors (Lipinski definition) is 0. The molecule has 0 saturated carbocycles. The SMILES string of the molecule is Cn1ccc(COc2ccc3cc(Br)ccc3c2)n1. The molecule has 0 N–H and O–H groups in total. The molecule has 1 aromatic heterocycles. The van der Waals surface area contributed by atoms with Gasteiger partial charge in [-0.05, 0) is 41.1 Å². The number of ether oxygens (including phenoxy) is 1. The third-order valence-corrected chi connectivity index (χ3v) is 3.42. The van der Waals surface area contributed by atoms with E-state index >= 15 is 0 Å². The molecule has 0 aliphatic heterocycles. The highest BCUT2D eigenvalue weighted by molar-refractivity contribution is 9.10. The third kappa shape index (κ3) is 2.79. The van der Waals surface area contributed by atoms with Crippen LogP contribution < -0.4 is 4.74 Å². The molecule has 3 aromatic rings. The number of rotatable bonds is 3. The van der Waals surface area contributed by atoms with Crippen LogP contribution in [0.3, 0.4) is 0 Å². The summed E-state index contributed by atoms with van der Waals surface area (Å²) in [6.45, 7) is 0.489. The number of fused-ring (bicyclic) bond motifs is 1. The van der Waals surface area contributed by atoms with Crippen molar-refractivity contribution in [3.05, 3.63) is 58.8 Å². The van der Waals surface area contributed by atoms with Crippen molar-refractivity contribution in [1.82, 2.24) is 9.78 Å². The molecule has 0 atom stereocenters. The molecular weight excluding hydrogens is 304 g/mol. The van der Waals surface area contributed by atoms with Crippen molar-refractivity contribution in [3.8, 4) is 5.75 Å². The molecule has 0 fully saturated rings. The zero-order chi connectivity index (χ0) is 13.2. The fraction of sp³-hybridized carbons (Fsp3) is 0.133. The standard InChI is InChI=1S/C15H13BrN2O/c1-18-7-6-14(17-18)10-19-15-5-3-11-8-13(16)4-2-12(11)9-15/h2-9H,10H2,1H3. The molecule has 3 rings (SSSR count). The summed E-state index contributed by atoms with van der Waals surface area (Å²) in [5, 5.41) is 6.65. The highest BCUT2D eigenvalue weighted by atomic mass is 79.9. The second kappa shape index (κ2) is 5.05. The number of nitrogens with zero attached hydrogens (tertiary/aromatic N) is 2. The molecule has 0 bridgehead atoms. The number of benzene rings is 2. The van der Waals surface area contributed by atoms with E-state index in [2.05, 4.69) is 39.2 Å². The highest BCUT2D eigenvalue weighted by Gasteiger charge is 2.01. The summed E-state index contributed by atoms with van der Waals surface area (Å²) >= 11 is 3.47. The molecule has 0 unspecified atom stereocenters. The molecule has 0 spiro atoms. The Labute approximate surface area is 119 Å². The van der Waals surface area contributed by atoms with Crippen LogP contribution in [0.15, 0.2) is 53.1 Å². The van der Waals surface area contributed by atoms with Crippen molar-refractivity contribution in [2.75, 3.05) is 0 Å². The zero-order valence-corrected chi connectivity index (χ0v) is 12.1. The lowest BCUT2D eigenvalue weighted by Crippen LogP contribution is -1.97. The fourth-order valence-electron chi connectivity index (χ4n) is 1.98. The fourth-order valence-corrected chi connectivity index (χ4v) is 2.36. The van der Waals surface area contributed by atoms with Gasteiger partial charge in [0, 0.05) is 17.7 Å². The maximum atomic E-state index is 5.76. The van der Waals surface area contributed by atoms with Gasteiger partial charge in [-0.15, -0.1) is 0 Å². The van der Waals surface area contributed by atoms with Crippen LogP contribution in [-0.4, -0.2) is 9.78 Å². The van der Waals surface area contributed by atoms with Gasteiger partial charge < -0.3 is 4.74 Å². The second-order valence-corrected chi connectivity index (χ2v) is 5.34. The van der Waals surface area contributed by atoms with E-state index in [1.165, 1.54) is 10.8 Å². The van der Waals surface area contributed by atoms with E-state index in [0.29, 0.717) is 6.61 Å². The largest absolute Gasteiger partial charge is 0.487 e. The Hall–Kier alpha value is -1.81. The molecular formula is C15H13BrN2O. The van der Waals surface area contributed by atoms with Gasteiger partial charge in [-0.3, -0.25) is 4.68 Å². The van der Waals surface area contributed by atoms with Crippen LogP contribution in [0.5, 0.6) is 5.75 Å². The van der Waals surface area contributed by atoms with E-state index in [1.807, 2.05) is 37.5 Å². The number of aromatic nitrogens is 2. The molecule has 0 saturated heterocycles. The summed E-state index contributed by atoms with van der Waals surface area (Å²) in [4.78, 5) is 0. The first-order valence-electron chi connectivity index (χ1n) is 6.01. The maximum Gasteiger partial charge on any atom is 0.132 e. The molecule has 3 nitrogen and oxygen atoms in total. The predicted molar refractivity (Wildman–Crippen MR) is 79.2 cm³/mol. The first kappa shape index (κ1) is 12.2. The Morgan fingerprint density at radius 3 is 2.68 bits per heavy atom. The topological polar surface area (TPSA) is 27.1 Å². The average Bonchev–Trinajstić information content (AvgIpc) is 2.82. The van der Waals surface area contributed by atoms with Crippen LogP contribution in [0.1, 0.15) is 5.69 Å². The summed E-state index contributed by atoms with van der Waals surface area (Å²) < 4.78 is 8.62. The first-order chi connectivity index (χ1) is 9.20. The van der Waals surface area contributed by atoms with Crippen LogP contribution in [0.2, 0.25) is 0 Å². The van der Waals surface area contributed by atoms with Crippen molar-refractivity contribution in [3.63, 3.8) is 0 Å². The minimum atomic E-state index is 0.489. The van der Waals surface area contributed by atoms with Crippen molar-refractivity contribution in [2.45, 2.75) is 6.61 Å². The summed E-state index contributed by atoms with van der Waals surface area (Å²) in [5.74, 6) is 0.862. The molecule has 0 aliphatic carbocycles. The molecule has 2 aromatic carbocycles. The Balaban J connectivity index is 1.79. The molecule has 1 heterocycles. The maximum absolute atomic E-state index is 5.76. The van der Waals surface area contributed by atoms with Crippen molar-refractivity contribution < 1.29 is 4.74 Å². The zero-order valence-electron chi connectivity index (χ0n) is 10.5. The lowest BCUT2D eigenvalue weighted by atomic mass is 10.1. The number of aryl methyl sites for hydroxylation is 1. The van der Waals surface area contributed by atoms with Gasteiger partial charge in [0.15, 0.2) is 0 Å². The van der Waals surface area contributed by atoms with E-state index in [1.54, 1.807) is 4.68 Å². The summed E-state index contributed by atoms with van der Waals surface area (Å²) in [5.41, 5.74) is 0.929. The lowest BCUT2D eigenvalue weighted by Gasteiger charge is -2.06.